The summed E-state index contributed by atoms with van der Waals surface area (Å²) in [5.41, 5.74) is 8.99. The largest absolute Gasteiger partial charge is 0.213 e. The molecule has 0 aliphatic rings. The van der Waals surface area contributed by atoms with Crippen LogP contribution in [0.5, 0.6) is 0 Å². The third kappa shape index (κ3) is 2.91. The molecule has 136 valence electrons. The summed E-state index contributed by atoms with van der Waals surface area (Å²) in [6, 6.07) is 19.6. The summed E-state index contributed by atoms with van der Waals surface area (Å²) in [5, 5.41) is 3.26. The van der Waals surface area contributed by atoms with E-state index < -0.39 is 0 Å². The zero-order valence-corrected chi connectivity index (χ0v) is 17.4. The lowest BCUT2D eigenvalue weighted by Crippen LogP contribution is -2.30. The van der Waals surface area contributed by atoms with Gasteiger partial charge in [0.15, 0.2) is 0 Å². The molecule has 1 nitrogen and oxygen atoms in total. The van der Waals surface area contributed by atoms with E-state index in [0.29, 0.717) is 5.92 Å². The Bertz CT molecular complexity index is 1170. The van der Waals surface area contributed by atoms with Crippen LogP contribution < -0.4 is 4.57 Å². The van der Waals surface area contributed by atoms with E-state index in [-0.39, 0.29) is 0 Å². The van der Waals surface area contributed by atoms with Crippen molar-refractivity contribution < 1.29 is 4.57 Å². The van der Waals surface area contributed by atoms with Crippen LogP contribution in [0.15, 0.2) is 54.6 Å². The highest BCUT2D eigenvalue weighted by atomic mass is 35.5. The monoisotopic (exact) mass is 374 g/mol. The summed E-state index contributed by atoms with van der Waals surface area (Å²) >= 11 is 6.43. The third-order valence-corrected chi connectivity index (χ3v) is 5.87. The molecule has 1 heterocycles. The smallest absolute Gasteiger partial charge is 0.194 e. The molecule has 2 heteroatoms. The van der Waals surface area contributed by atoms with E-state index in [1.165, 1.54) is 49.6 Å². The highest BCUT2D eigenvalue weighted by Gasteiger charge is 2.22. The Labute approximate surface area is 166 Å². The Hall–Kier alpha value is -2.38. The molecule has 0 saturated carbocycles. The van der Waals surface area contributed by atoms with E-state index >= 15 is 0 Å². The molecule has 0 radical (unpaired) electrons. The van der Waals surface area contributed by atoms with Gasteiger partial charge in [-0.05, 0) is 60.2 Å². The van der Waals surface area contributed by atoms with Crippen LogP contribution in [-0.4, -0.2) is 0 Å². The number of aromatic nitrogens is 1. The molecule has 0 spiro atoms. The van der Waals surface area contributed by atoms with Gasteiger partial charge in [-0.1, -0.05) is 49.7 Å². The molecule has 0 saturated heterocycles. The molecule has 27 heavy (non-hydrogen) atoms. The zero-order valence-electron chi connectivity index (χ0n) is 16.6. The van der Waals surface area contributed by atoms with Gasteiger partial charge in [0, 0.05) is 22.7 Å². The fourth-order valence-corrected chi connectivity index (χ4v) is 4.33. The minimum Gasteiger partial charge on any atom is -0.194 e. The third-order valence-electron chi connectivity index (χ3n) is 5.64. The van der Waals surface area contributed by atoms with Crippen LogP contribution in [0.2, 0.25) is 5.02 Å². The maximum absolute atomic E-state index is 6.43. The summed E-state index contributed by atoms with van der Waals surface area (Å²) in [5.74, 6) is 0.487. The maximum Gasteiger partial charge on any atom is 0.213 e. The van der Waals surface area contributed by atoms with Crippen molar-refractivity contribution in [2.45, 2.75) is 33.6 Å². The predicted octanol–water partition coefficient (Wildman–Crippen LogP) is 6.88. The predicted molar refractivity (Wildman–Crippen MR) is 117 cm³/mol. The van der Waals surface area contributed by atoms with Crippen LogP contribution in [0.1, 0.15) is 36.5 Å². The normalized spacial score (nSPS) is 11.7. The van der Waals surface area contributed by atoms with Gasteiger partial charge in [0.05, 0.1) is 10.8 Å². The van der Waals surface area contributed by atoms with E-state index in [9.17, 15) is 0 Å². The van der Waals surface area contributed by atoms with Crippen molar-refractivity contribution in [1.82, 2.24) is 0 Å². The van der Waals surface area contributed by atoms with Crippen molar-refractivity contribution in [3.63, 3.8) is 0 Å². The summed E-state index contributed by atoms with van der Waals surface area (Å²) in [7, 11) is 2.14. The number of nitrogens with zero attached hydrogens (tertiary/aromatic N) is 1. The second-order valence-electron chi connectivity index (χ2n) is 7.79. The van der Waals surface area contributed by atoms with Gasteiger partial charge in [0.1, 0.15) is 7.05 Å². The first kappa shape index (κ1) is 18.0. The van der Waals surface area contributed by atoms with Gasteiger partial charge >= 0.3 is 0 Å². The van der Waals surface area contributed by atoms with Gasteiger partial charge in [0.25, 0.3) is 0 Å². The topological polar surface area (TPSA) is 3.88 Å². The van der Waals surface area contributed by atoms with Crippen molar-refractivity contribution in [2.24, 2.45) is 7.05 Å². The number of fused-ring (bicyclic) bond motifs is 2. The Kier molecular flexibility index (Phi) is 4.44. The van der Waals surface area contributed by atoms with Gasteiger partial charge in [-0.3, -0.25) is 0 Å². The highest BCUT2D eigenvalue weighted by Crippen LogP contribution is 2.39. The summed E-state index contributed by atoms with van der Waals surface area (Å²) in [4.78, 5) is 0. The van der Waals surface area contributed by atoms with Gasteiger partial charge < -0.3 is 0 Å². The molecular weight excluding hydrogens is 350 g/mol. The lowest BCUT2D eigenvalue weighted by molar-refractivity contribution is -0.617. The summed E-state index contributed by atoms with van der Waals surface area (Å²) in [6.07, 6.45) is 0. The number of pyridine rings is 1. The van der Waals surface area contributed by atoms with Crippen molar-refractivity contribution in [3.8, 4) is 11.1 Å². The quantitative estimate of drug-likeness (QED) is 0.266. The first-order chi connectivity index (χ1) is 12.9. The summed E-state index contributed by atoms with van der Waals surface area (Å²) < 4.78 is 2.28. The SMILES string of the molecule is Cc1cccc(C)c1-c1c2cc(Cl)ccc2[n+](C)c2ccc(C(C)C)cc12. The van der Waals surface area contributed by atoms with Crippen LogP contribution in [0, 0.1) is 13.8 Å². The van der Waals surface area contributed by atoms with Gasteiger partial charge in [-0.25, -0.2) is 0 Å². The van der Waals surface area contributed by atoms with Gasteiger partial charge in [-0.15, -0.1) is 0 Å². The number of hydrogen-bond acceptors (Lipinski definition) is 0. The fourth-order valence-electron chi connectivity index (χ4n) is 4.16. The highest BCUT2D eigenvalue weighted by molar-refractivity contribution is 6.31. The molecule has 0 N–H and O–H groups in total. The summed E-state index contributed by atoms with van der Waals surface area (Å²) in [6.45, 7) is 8.89. The molecule has 0 aliphatic carbocycles. The molecule has 4 rings (SSSR count). The molecule has 0 bridgehead atoms. The number of halogens is 1. The van der Waals surface area contributed by atoms with Gasteiger partial charge in [-0.2, -0.15) is 4.57 Å². The Balaban J connectivity index is 2.29. The number of rotatable bonds is 2. The van der Waals surface area contributed by atoms with Crippen LogP contribution in [0.3, 0.4) is 0 Å². The van der Waals surface area contributed by atoms with Crippen LogP contribution in [-0.2, 0) is 7.05 Å². The second kappa shape index (κ2) is 6.65. The first-order valence-electron chi connectivity index (χ1n) is 9.50. The first-order valence-corrected chi connectivity index (χ1v) is 9.87. The average molecular weight is 375 g/mol. The number of benzene rings is 3. The molecule has 0 atom stereocenters. The molecule has 0 aliphatic heterocycles. The Morgan fingerprint density at radius 3 is 2.00 bits per heavy atom. The van der Waals surface area contributed by atoms with Crippen LogP contribution in [0.25, 0.3) is 32.9 Å². The lowest BCUT2D eigenvalue weighted by Gasteiger charge is -2.16. The van der Waals surface area contributed by atoms with Crippen molar-refractivity contribution in [3.05, 3.63) is 76.3 Å². The van der Waals surface area contributed by atoms with Crippen LogP contribution >= 0.6 is 11.6 Å². The molecule has 0 fully saturated rings. The minimum atomic E-state index is 0.487. The Morgan fingerprint density at radius 2 is 1.37 bits per heavy atom. The molecule has 0 amide bonds. The van der Waals surface area contributed by atoms with Crippen molar-refractivity contribution in [2.75, 3.05) is 0 Å². The molecule has 4 aromatic rings. The van der Waals surface area contributed by atoms with E-state index in [1.807, 2.05) is 6.07 Å². The molecule has 0 unspecified atom stereocenters. The Morgan fingerprint density at radius 1 is 0.778 bits per heavy atom. The maximum atomic E-state index is 6.43. The van der Waals surface area contributed by atoms with Crippen LogP contribution in [0.4, 0.5) is 0 Å². The zero-order chi connectivity index (χ0) is 19.3. The van der Waals surface area contributed by atoms with E-state index in [0.717, 1.165) is 5.02 Å². The van der Waals surface area contributed by atoms with E-state index in [1.54, 1.807) is 0 Å². The molecule has 3 aromatic carbocycles. The van der Waals surface area contributed by atoms with E-state index in [4.69, 9.17) is 11.6 Å². The van der Waals surface area contributed by atoms with Crippen molar-refractivity contribution in [1.29, 1.82) is 0 Å². The van der Waals surface area contributed by atoms with E-state index in [2.05, 4.69) is 87.8 Å². The minimum absolute atomic E-state index is 0.487. The standard InChI is InChI=1S/C25H25ClN/c1-15(2)18-9-11-22-20(13-18)25(24-16(3)7-6-8-17(24)4)21-14-19(26)10-12-23(21)27(22)5/h6-15H,1-5H3/q+1. The van der Waals surface area contributed by atoms with Gasteiger partial charge in [0.2, 0.25) is 11.0 Å². The molecular formula is C25H25ClN+. The average Bonchev–Trinajstić information content (AvgIpc) is 2.63. The number of aryl methyl sites for hydroxylation is 3. The lowest BCUT2D eigenvalue weighted by atomic mass is 9.88. The second-order valence-corrected chi connectivity index (χ2v) is 8.23. The van der Waals surface area contributed by atoms with Crippen molar-refractivity contribution >= 4 is 33.4 Å². The number of hydrogen-bond donors (Lipinski definition) is 0. The molecule has 1 aromatic heterocycles. The fraction of sp³-hybridized carbons (Fsp3) is 0.240.